The van der Waals surface area contributed by atoms with E-state index >= 15 is 0 Å². The van der Waals surface area contributed by atoms with Gasteiger partial charge in [0.15, 0.2) is 5.13 Å². The number of aliphatic imine (C=N–C) groups is 2. The lowest BCUT2D eigenvalue weighted by Crippen LogP contribution is -2.11. The Morgan fingerprint density at radius 3 is 2.56 bits per heavy atom. The number of methoxy groups -OCH3 is 1. The van der Waals surface area contributed by atoms with Gasteiger partial charge in [-0.05, 0) is 62.9 Å². The number of nitrogens with zero attached hydrogens (tertiary/aromatic N) is 4. The lowest BCUT2D eigenvalue weighted by molar-refractivity contribution is 0.102. The molecule has 0 saturated carbocycles. The third-order valence-electron chi connectivity index (χ3n) is 4.42. The van der Waals surface area contributed by atoms with Gasteiger partial charge in [0, 0.05) is 33.8 Å². The summed E-state index contributed by atoms with van der Waals surface area (Å²) in [5.74, 6) is 0.156. The van der Waals surface area contributed by atoms with Crippen LogP contribution in [0.3, 0.4) is 0 Å². The van der Waals surface area contributed by atoms with Gasteiger partial charge in [-0.15, -0.1) is 11.3 Å². The molecule has 32 heavy (non-hydrogen) atoms. The molecule has 2 aromatic heterocycles. The molecule has 2 heterocycles. The number of thiazole rings is 1. The van der Waals surface area contributed by atoms with Crippen LogP contribution in [0.4, 0.5) is 5.13 Å². The van der Waals surface area contributed by atoms with Crippen LogP contribution in [0.15, 0.2) is 69.0 Å². The maximum atomic E-state index is 12.4. The number of hydrogen-bond donors (Lipinski definition) is 1. The SMILES string of the molecule is C=N/C(=C\N=C(/C)Sc1cc(C)c(-c2csc(NC(=O)c3ccncc3)n2)c(C)c1)OC. The van der Waals surface area contributed by atoms with Gasteiger partial charge in [0.25, 0.3) is 5.91 Å². The highest BCUT2D eigenvalue weighted by Crippen LogP contribution is 2.34. The van der Waals surface area contributed by atoms with Gasteiger partial charge in [-0.3, -0.25) is 15.1 Å². The molecule has 1 amide bonds. The molecule has 3 rings (SSSR count). The Labute approximate surface area is 195 Å². The molecule has 0 saturated heterocycles. The molecule has 164 valence electrons. The van der Waals surface area contributed by atoms with Crippen LogP contribution in [-0.4, -0.2) is 34.7 Å². The molecule has 9 heteroatoms. The van der Waals surface area contributed by atoms with Crippen molar-refractivity contribution < 1.29 is 9.53 Å². The van der Waals surface area contributed by atoms with E-state index in [4.69, 9.17) is 4.74 Å². The summed E-state index contributed by atoms with van der Waals surface area (Å²) in [4.78, 5) is 30.1. The highest BCUT2D eigenvalue weighted by molar-refractivity contribution is 8.13. The topological polar surface area (TPSA) is 88.8 Å². The van der Waals surface area contributed by atoms with Crippen molar-refractivity contribution >= 4 is 45.9 Å². The Morgan fingerprint density at radius 2 is 1.94 bits per heavy atom. The molecule has 7 nitrogen and oxygen atoms in total. The smallest absolute Gasteiger partial charge is 0.257 e. The van der Waals surface area contributed by atoms with Crippen molar-refractivity contribution in [1.82, 2.24) is 9.97 Å². The summed E-state index contributed by atoms with van der Waals surface area (Å²) in [6.45, 7) is 9.47. The van der Waals surface area contributed by atoms with Crippen LogP contribution in [0.1, 0.15) is 28.4 Å². The summed E-state index contributed by atoms with van der Waals surface area (Å²) < 4.78 is 5.03. The average Bonchev–Trinajstić information content (AvgIpc) is 3.22. The minimum absolute atomic E-state index is 0.208. The number of benzene rings is 1. The number of thioether (sulfide) groups is 1. The first-order chi connectivity index (χ1) is 15.4. The summed E-state index contributed by atoms with van der Waals surface area (Å²) >= 11 is 2.96. The second-order valence-electron chi connectivity index (χ2n) is 6.74. The van der Waals surface area contributed by atoms with Gasteiger partial charge in [0.05, 0.1) is 24.0 Å². The first kappa shape index (κ1) is 23.4. The summed E-state index contributed by atoms with van der Waals surface area (Å²) in [5, 5.41) is 6.21. The highest BCUT2D eigenvalue weighted by Gasteiger charge is 2.14. The first-order valence-corrected chi connectivity index (χ1v) is 11.3. The molecule has 0 fully saturated rings. The Bertz CT molecular complexity index is 1160. The quantitative estimate of drug-likeness (QED) is 0.208. The summed E-state index contributed by atoms with van der Waals surface area (Å²) in [6, 6.07) is 7.54. The van der Waals surface area contributed by atoms with E-state index in [0.717, 1.165) is 32.3 Å². The predicted octanol–water partition coefficient (Wildman–Crippen LogP) is 5.73. The molecule has 0 spiro atoms. The molecular weight excluding hydrogens is 442 g/mol. The number of carbonyl (C=O) groups excluding carboxylic acids is 1. The van der Waals surface area contributed by atoms with Gasteiger partial charge in [0.2, 0.25) is 5.88 Å². The fourth-order valence-corrected chi connectivity index (χ4v) is 4.62. The maximum Gasteiger partial charge on any atom is 0.257 e. The van der Waals surface area contributed by atoms with Crippen molar-refractivity contribution in [1.29, 1.82) is 0 Å². The van der Waals surface area contributed by atoms with E-state index < -0.39 is 0 Å². The van der Waals surface area contributed by atoms with E-state index in [1.54, 1.807) is 42.5 Å². The highest BCUT2D eigenvalue weighted by atomic mass is 32.2. The normalized spacial score (nSPS) is 11.9. The predicted molar refractivity (Wildman–Crippen MR) is 133 cm³/mol. The van der Waals surface area contributed by atoms with Crippen LogP contribution in [0.5, 0.6) is 0 Å². The van der Waals surface area contributed by atoms with E-state index in [2.05, 4.69) is 58.0 Å². The van der Waals surface area contributed by atoms with E-state index in [1.807, 2.05) is 12.3 Å². The van der Waals surface area contributed by atoms with E-state index in [1.165, 1.54) is 18.4 Å². The van der Waals surface area contributed by atoms with Crippen molar-refractivity contribution in [3.63, 3.8) is 0 Å². The Kier molecular flexibility index (Phi) is 7.91. The van der Waals surface area contributed by atoms with E-state index in [-0.39, 0.29) is 5.91 Å². The van der Waals surface area contributed by atoms with Crippen molar-refractivity contribution in [2.45, 2.75) is 25.7 Å². The van der Waals surface area contributed by atoms with Crippen molar-refractivity contribution in [3.8, 4) is 11.3 Å². The van der Waals surface area contributed by atoms with Crippen LogP contribution < -0.4 is 5.32 Å². The van der Waals surface area contributed by atoms with Gasteiger partial charge in [-0.25, -0.2) is 15.0 Å². The third-order valence-corrected chi connectivity index (χ3v) is 6.05. The molecule has 3 aromatic rings. The van der Waals surface area contributed by atoms with E-state index in [0.29, 0.717) is 16.6 Å². The number of aryl methyl sites for hydroxylation is 2. The number of hydrogen-bond acceptors (Lipinski definition) is 8. The molecule has 0 aliphatic heterocycles. The number of aromatic nitrogens is 2. The Balaban J connectivity index is 1.77. The number of anilines is 1. The molecule has 0 aliphatic rings. The first-order valence-electron chi connectivity index (χ1n) is 9.63. The zero-order valence-corrected chi connectivity index (χ0v) is 19.9. The summed E-state index contributed by atoms with van der Waals surface area (Å²) in [5.41, 5.74) is 4.62. The van der Waals surface area contributed by atoms with Crippen molar-refractivity contribution in [2.24, 2.45) is 9.98 Å². The van der Waals surface area contributed by atoms with Gasteiger partial charge in [0.1, 0.15) is 0 Å². The zero-order valence-electron chi connectivity index (χ0n) is 18.2. The van der Waals surface area contributed by atoms with Crippen LogP contribution >= 0.6 is 23.1 Å². The second-order valence-corrected chi connectivity index (χ2v) is 8.86. The Hall–Kier alpha value is -3.30. The standard InChI is InChI=1S/C23H23N5O2S2/c1-14-10-18(32-16(3)26-12-20(24-4)30-5)11-15(2)21(14)19-13-31-23(27-19)28-22(29)17-6-8-25-9-7-17/h6-13H,4H2,1-3,5H3,(H,27,28,29)/b20-12+,26-16+. The fourth-order valence-electron chi connectivity index (χ4n) is 3.01. The number of pyridine rings is 1. The largest absolute Gasteiger partial charge is 0.480 e. The summed E-state index contributed by atoms with van der Waals surface area (Å²) in [7, 11) is 1.53. The van der Waals surface area contributed by atoms with Crippen molar-refractivity contribution in [2.75, 3.05) is 12.4 Å². The van der Waals surface area contributed by atoms with Crippen LogP contribution in [0, 0.1) is 13.8 Å². The molecule has 1 N–H and O–H groups in total. The third kappa shape index (κ3) is 5.89. The molecule has 0 bridgehead atoms. The maximum absolute atomic E-state index is 12.4. The number of ether oxygens (including phenoxy) is 1. The van der Waals surface area contributed by atoms with Gasteiger partial charge in [-0.1, -0.05) is 11.8 Å². The summed E-state index contributed by atoms with van der Waals surface area (Å²) in [6.07, 6.45) is 4.72. The fraction of sp³-hybridized carbons (Fsp3) is 0.174. The minimum Gasteiger partial charge on any atom is -0.480 e. The van der Waals surface area contributed by atoms with Gasteiger partial charge < -0.3 is 4.74 Å². The lowest BCUT2D eigenvalue weighted by atomic mass is 10.0. The lowest BCUT2D eigenvalue weighted by Gasteiger charge is -2.11. The van der Waals surface area contributed by atoms with Gasteiger partial charge in [-0.2, -0.15) is 0 Å². The molecule has 0 radical (unpaired) electrons. The molecular formula is C23H23N5O2S2. The number of amides is 1. The Morgan fingerprint density at radius 1 is 1.25 bits per heavy atom. The monoisotopic (exact) mass is 465 g/mol. The molecule has 0 unspecified atom stereocenters. The number of carbonyl (C=O) groups is 1. The van der Waals surface area contributed by atoms with Gasteiger partial charge >= 0.3 is 0 Å². The molecule has 0 aliphatic carbocycles. The molecule has 1 aromatic carbocycles. The van der Waals surface area contributed by atoms with E-state index in [9.17, 15) is 4.79 Å². The van der Waals surface area contributed by atoms with Crippen LogP contribution in [-0.2, 0) is 4.74 Å². The number of rotatable bonds is 7. The van der Waals surface area contributed by atoms with Crippen LogP contribution in [0.2, 0.25) is 0 Å². The van der Waals surface area contributed by atoms with Crippen LogP contribution in [0.25, 0.3) is 11.3 Å². The van der Waals surface area contributed by atoms with Crippen molar-refractivity contribution in [3.05, 3.63) is 70.8 Å². The minimum atomic E-state index is -0.208. The second kappa shape index (κ2) is 10.8. The molecule has 0 atom stereocenters. The zero-order chi connectivity index (χ0) is 23.1. The number of nitrogens with one attached hydrogen (secondary N) is 1. The average molecular weight is 466 g/mol.